The number of rotatable bonds is 4. The molecular weight excluding hydrogens is 298 g/mol. The molecule has 1 unspecified atom stereocenters. The highest BCUT2D eigenvalue weighted by Crippen LogP contribution is 2.76. The number of ether oxygens (including phenoxy) is 1. The molecule has 1 atom stereocenters. The van der Waals surface area contributed by atoms with E-state index in [2.05, 4.69) is 12.1 Å². The molecule has 0 N–H and O–H groups in total. The predicted molar refractivity (Wildman–Crippen MR) is 85.7 cm³/mol. The van der Waals surface area contributed by atoms with Gasteiger partial charge < -0.3 is 9.64 Å². The van der Waals surface area contributed by atoms with Crippen molar-refractivity contribution in [2.45, 2.75) is 31.7 Å². The van der Waals surface area contributed by atoms with E-state index in [4.69, 9.17) is 16.3 Å². The highest BCUT2D eigenvalue weighted by molar-refractivity contribution is 6.30. The largest absolute Gasteiger partial charge is 0.381 e. The molecule has 0 spiro atoms. The van der Waals surface area contributed by atoms with Gasteiger partial charge in [-0.25, -0.2) is 0 Å². The van der Waals surface area contributed by atoms with Crippen molar-refractivity contribution in [2.75, 3.05) is 20.3 Å². The van der Waals surface area contributed by atoms with Crippen LogP contribution >= 0.6 is 11.6 Å². The van der Waals surface area contributed by atoms with Gasteiger partial charge in [0.25, 0.3) is 0 Å². The molecule has 1 aromatic rings. The topological polar surface area (TPSA) is 29.5 Å². The average molecular weight is 320 g/mol. The number of carbonyl (C=O) groups is 1. The monoisotopic (exact) mass is 319 g/mol. The van der Waals surface area contributed by atoms with Crippen molar-refractivity contribution < 1.29 is 9.53 Å². The van der Waals surface area contributed by atoms with Crippen molar-refractivity contribution in [1.82, 2.24) is 4.90 Å². The minimum Gasteiger partial charge on any atom is -0.381 e. The Bertz CT molecular complexity index is 573. The van der Waals surface area contributed by atoms with Gasteiger partial charge >= 0.3 is 0 Å². The summed E-state index contributed by atoms with van der Waals surface area (Å²) >= 11 is 6.03. The summed E-state index contributed by atoms with van der Waals surface area (Å²) in [5.74, 6) is 1.50. The van der Waals surface area contributed by atoms with E-state index in [1.54, 1.807) is 0 Å². The maximum absolute atomic E-state index is 12.9. The van der Waals surface area contributed by atoms with Crippen LogP contribution < -0.4 is 0 Å². The Hall–Kier alpha value is -1.06. The van der Waals surface area contributed by atoms with Gasteiger partial charge in [0.15, 0.2) is 0 Å². The molecule has 0 radical (unpaired) electrons. The maximum Gasteiger partial charge on any atom is 0.229 e. The summed E-state index contributed by atoms with van der Waals surface area (Å²) < 4.78 is 5.51. The van der Waals surface area contributed by atoms with Crippen LogP contribution in [0.5, 0.6) is 0 Å². The second kappa shape index (κ2) is 5.24. The van der Waals surface area contributed by atoms with Crippen LogP contribution in [0.15, 0.2) is 24.3 Å². The van der Waals surface area contributed by atoms with Gasteiger partial charge in [-0.3, -0.25) is 4.79 Å². The Morgan fingerprint density at radius 3 is 2.41 bits per heavy atom. The van der Waals surface area contributed by atoms with Gasteiger partial charge in [0.1, 0.15) is 0 Å². The Labute approximate surface area is 136 Å². The molecule has 22 heavy (non-hydrogen) atoms. The van der Waals surface area contributed by atoms with E-state index in [1.165, 1.54) is 5.56 Å². The fourth-order valence-electron chi connectivity index (χ4n) is 4.03. The van der Waals surface area contributed by atoms with Crippen molar-refractivity contribution in [2.24, 2.45) is 17.3 Å². The van der Waals surface area contributed by atoms with E-state index in [9.17, 15) is 4.79 Å². The van der Waals surface area contributed by atoms with E-state index in [1.807, 2.05) is 24.1 Å². The molecule has 4 heteroatoms. The third-order valence-corrected chi connectivity index (χ3v) is 6.02. The van der Waals surface area contributed by atoms with Crippen molar-refractivity contribution in [3.8, 4) is 0 Å². The van der Waals surface area contributed by atoms with Gasteiger partial charge in [-0.2, -0.15) is 0 Å². The van der Waals surface area contributed by atoms with E-state index in [0.717, 1.165) is 43.9 Å². The fraction of sp³-hybridized carbons (Fsp3) is 0.611. The first-order valence-electron chi connectivity index (χ1n) is 8.22. The van der Waals surface area contributed by atoms with Crippen LogP contribution in [0.3, 0.4) is 0 Å². The zero-order chi connectivity index (χ0) is 15.3. The number of amides is 1. The number of nitrogens with zero attached hydrogens (tertiary/aromatic N) is 1. The average Bonchev–Trinajstić information content (AvgIpc) is 3.40. The second-order valence-electron chi connectivity index (χ2n) is 7.12. The zero-order valence-electron chi connectivity index (χ0n) is 12.9. The molecule has 4 rings (SSSR count). The lowest BCUT2D eigenvalue weighted by Gasteiger charge is -2.37. The van der Waals surface area contributed by atoms with E-state index < -0.39 is 0 Å². The molecule has 1 heterocycles. The lowest BCUT2D eigenvalue weighted by molar-refractivity contribution is -0.137. The minimum absolute atomic E-state index is 0.0323. The standard InChI is InChI=1S/C18H22ClNO2/c1-20(17(21)18-10-14(18)11-18)16(13-6-8-22-9-7-13)12-2-4-15(19)5-3-12/h2-5,13-14,16H,6-11H2,1H3. The Morgan fingerprint density at radius 1 is 1.27 bits per heavy atom. The van der Waals surface area contributed by atoms with Crippen LogP contribution in [0.2, 0.25) is 5.02 Å². The first-order valence-corrected chi connectivity index (χ1v) is 8.60. The van der Waals surface area contributed by atoms with Gasteiger partial charge in [-0.1, -0.05) is 23.7 Å². The Balaban J connectivity index is 1.61. The molecular formula is C18H22ClNO2. The molecule has 3 nitrogen and oxygen atoms in total. The van der Waals surface area contributed by atoms with Crippen LogP contribution in [0.4, 0.5) is 0 Å². The number of fused-ring (bicyclic) bond motifs is 1. The number of hydrogen-bond acceptors (Lipinski definition) is 2. The molecule has 1 aliphatic heterocycles. The molecule has 1 aromatic carbocycles. The van der Waals surface area contributed by atoms with Crippen LogP contribution in [-0.2, 0) is 9.53 Å². The second-order valence-corrected chi connectivity index (χ2v) is 7.56. The van der Waals surface area contributed by atoms with Gasteiger partial charge in [-0.05, 0) is 55.2 Å². The van der Waals surface area contributed by atoms with E-state index in [0.29, 0.717) is 17.7 Å². The van der Waals surface area contributed by atoms with Gasteiger partial charge in [0.05, 0.1) is 11.5 Å². The van der Waals surface area contributed by atoms with Crippen molar-refractivity contribution >= 4 is 17.5 Å². The lowest BCUT2D eigenvalue weighted by Crippen LogP contribution is -2.39. The van der Waals surface area contributed by atoms with E-state index >= 15 is 0 Å². The maximum atomic E-state index is 12.9. The minimum atomic E-state index is 0.0323. The summed E-state index contributed by atoms with van der Waals surface area (Å²) in [6.45, 7) is 1.59. The number of hydrogen-bond donors (Lipinski definition) is 0. The summed E-state index contributed by atoms with van der Waals surface area (Å²) in [5, 5.41) is 0.742. The molecule has 1 amide bonds. The fourth-order valence-corrected chi connectivity index (χ4v) is 4.16. The SMILES string of the molecule is CN(C(=O)C12CC1C2)C(c1ccc(Cl)cc1)C1CCOCC1. The van der Waals surface area contributed by atoms with Crippen LogP contribution in [-0.4, -0.2) is 31.1 Å². The molecule has 3 aliphatic rings. The molecule has 1 saturated heterocycles. The summed E-state index contributed by atoms with van der Waals surface area (Å²) in [4.78, 5) is 14.9. The molecule has 2 saturated carbocycles. The van der Waals surface area contributed by atoms with Crippen molar-refractivity contribution in [3.05, 3.63) is 34.9 Å². The molecule has 2 aliphatic carbocycles. The predicted octanol–water partition coefficient (Wildman–Crippen LogP) is 3.68. The third-order valence-electron chi connectivity index (χ3n) is 5.77. The zero-order valence-corrected chi connectivity index (χ0v) is 13.7. The first-order chi connectivity index (χ1) is 10.6. The van der Waals surface area contributed by atoms with E-state index in [-0.39, 0.29) is 11.5 Å². The number of benzene rings is 1. The highest BCUT2D eigenvalue weighted by Gasteiger charge is 2.75. The molecule has 118 valence electrons. The molecule has 3 fully saturated rings. The highest BCUT2D eigenvalue weighted by atomic mass is 35.5. The Morgan fingerprint density at radius 2 is 1.86 bits per heavy atom. The van der Waals surface area contributed by atoms with Gasteiger partial charge in [0.2, 0.25) is 5.91 Å². The van der Waals surface area contributed by atoms with Crippen LogP contribution in [0, 0.1) is 17.3 Å². The smallest absolute Gasteiger partial charge is 0.229 e. The quantitative estimate of drug-likeness (QED) is 0.847. The first kappa shape index (κ1) is 14.5. The van der Waals surface area contributed by atoms with Crippen LogP contribution in [0.1, 0.15) is 37.3 Å². The number of halogens is 1. The van der Waals surface area contributed by atoms with Crippen molar-refractivity contribution in [3.63, 3.8) is 0 Å². The van der Waals surface area contributed by atoms with Gasteiger partial charge in [-0.15, -0.1) is 0 Å². The summed E-state index contributed by atoms with van der Waals surface area (Å²) in [6.07, 6.45) is 4.25. The number of carbonyl (C=O) groups excluding carboxylic acids is 1. The van der Waals surface area contributed by atoms with Gasteiger partial charge in [0, 0.05) is 25.3 Å². The van der Waals surface area contributed by atoms with Crippen LogP contribution in [0.25, 0.3) is 0 Å². The summed E-state index contributed by atoms with van der Waals surface area (Å²) in [6, 6.07) is 8.14. The van der Waals surface area contributed by atoms with Crippen molar-refractivity contribution in [1.29, 1.82) is 0 Å². The lowest BCUT2D eigenvalue weighted by atomic mass is 9.85. The summed E-state index contributed by atoms with van der Waals surface area (Å²) in [5.41, 5.74) is 1.23. The Kier molecular flexibility index (Phi) is 3.46. The normalized spacial score (nSPS) is 31.3. The third kappa shape index (κ3) is 2.35. The molecule has 0 bridgehead atoms. The molecule has 0 aromatic heterocycles. The summed E-state index contributed by atoms with van der Waals surface area (Å²) in [7, 11) is 1.99.